The van der Waals surface area contributed by atoms with Gasteiger partial charge in [-0.1, -0.05) is 36.4 Å². The molecule has 29 heavy (non-hydrogen) atoms. The van der Waals surface area contributed by atoms with Crippen LogP contribution in [0, 0.1) is 0 Å². The zero-order chi connectivity index (χ0) is 19.8. The van der Waals surface area contributed by atoms with Gasteiger partial charge in [-0.05, 0) is 35.9 Å². The quantitative estimate of drug-likeness (QED) is 0.529. The minimum Gasteiger partial charge on any atom is -0.454 e. The van der Waals surface area contributed by atoms with E-state index in [0.717, 1.165) is 11.1 Å². The topological polar surface area (TPSA) is 93.3 Å². The Morgan fingerprint density at radius 3 is 2.66 bits per heavy atom. The second kappa shape index (κ2) is 6.91. The number of nitrogens with one attached hydrogen (secondary N) is 2. The fourth-order valence-corrected chi connectivity index (χ4v) is 4.24. The normalized spacial score (nSPS) is 13.1. The number of aromatic nitrogens is 2. The van der Waals surface area contributed by atoms with E-state index >= 15 is 0 Å². The summed E-state index contributed by atoms with van der Waals surface area (Å²) in [6.45, 7) is 0.328. The molecule has 0 bridgehead atoms. The van der Waals surface area contributed by atoms with Crippen molar-refractivity contribution in [2.45, 2.75) is 11.4 Å². The number of hydrogen-bond acceptors (Lipinski definition) is 5. The number of nitrogens with zero attached hydrogens (tertiary/aromatic N) is 1. The molecule has 1 aromatic heterocycles. The summed E-state index contributed by atoms with van der Waals surface area (Å²) in [5.74, 6) is 1.98. The van der Waals surface area contributed by atoms with Gasteiger partial charge in [-0.2, -0.15) is 0 Å². The third-order valence-electron chi connectivity index (χ3n) is 4.71. The van der Waals surface area contributed by atoms with Crippen LogP contribution in [-0.4, -0.2) is 25.2 Å². The molecule has 8 heteroatoms. The Kier molecular flexibility index (Phi) is 4.22. The SMILES string of the molecule is O=S(=O)(NCc1ccc2c(c1)OCO2)c1ccc2nc(-c3ccccc3)[nH]c2c1. The van der Waals surface area contributed by atoms with Crippen molar-refractivity contribution in [1.29, 1.82) is 0 Å². The van der Waals surface area contributed by atoms with Crippen LogP contribution < -0.4 is 14.2 Å². The Bertz CT molecular complexity index is 1300. The third kappa shape index (κ3) is 3.43. The highest BCUT2D eigenvalue weighted by molar-refractivity contribution is 7.89. The lowest BCUT2D eigenvalue weighted by Crippen LogP contribution is -2.23. The standard InChI is InChI=1S/C21H17N3O4S/c25-29(26,22-12-14-6-9-19-20(10-14)28-13-27-19)16-7-8-17-18(11-16)24-21(23-17)15-4-2-1-3-5-15/h1-11,22H,12-13H2,(H,23,24). The number of ether oxygens (including phenoxy) is 2. The van der Waals surface area contributed by atoms with E-state index in [4.69, 9.17) is 9.47 Å². The van der Waals surface area contributed by atoms with Gasteiger partial charge in [0.05, 0.1) is 15.9 Å². The van der Waals surface area contributed by atoms with Crippen LogP contribution in [0.1, 0.15) is 5.56 Å². The minimum atomic E-state index is -3.69. The van der Waals surface area contributed by atoms with E-state index in [1.54, 1.807) is 36.4 Å². The smallest absolute Gasteiger partial charge is 0.240 e. The first kappa shape index (κ1) is 17.7. The number of hydrogen-bond donors (Lipinski definition) is 2. The van der Waals surface area contributed by atoms with Crippen molar-refractivity contribution in [1.82, 2.24) is 14.7 Å². The summed E-state index contributed by atoms with van der Waals surface area (Å²) in [6, 6.07) is 19.9. The molecule has 5 rings (SSSR count). The molecule has 146 valence electrons. The van der Waals surface area contributed by atoms with Gasteiger partial charge in [0.2, 0.25) is 16.8 Å². The lowest BCUT2D eigenvalue weighted by molar-refractivity contribution is 0.174. The molecule has 0 amide bonds. The predicted molar refractivity (Wildman–Crippen MR) is 108 cm³/mol. The van der Waals surface area contributed by atoms with E-state index in [1.807, 2.05) is 30.3 Å². The fraction of sp³-hybridized carbons (Fsp3) is 0.0952. The highest BCUT2D eigenvalue weighted by Gasteiger charge is 2.18. The van der Waals surface area contributed by atoms with Gasteiger partial charge < -0.3 is 14.5 Å². The van der Waals surface area contributed by atoms with Gasteiger partial charge in [-0.3, -0.25) is 0 Å². The van der Waals surface area contributed by atoms with Crippen molar-refractivity contribution in [3.63, 3.8) is 0 Å². The van der Waals surface area contributed by atoms with Crippen LogP contribution in [0.15, 0.2) is 71.6 Å². The van der Waals surface area contributed by atoms with Gasteiger partial charge in [-0.25, -0.2) is 18.1 Å². The van der Waals surface area contributed by atoms with Crippen LogP contribution in [0.4, 0.5) is 0 Å². The lowest BCUT2D eigenvalue weighted by Gasteiger charge is -2.07. The first-order valence-corrected chi connectivity index (χ1v) is 10.5. The number of benzene rings is 3. The van der Waals surface area contributed by atoms with E-state index in [2.05, 4.69) is 14.7 Å². The summed E-state index contributed by atoms with van der Waals surface area (Å²) in [5, 5.41) is 0. The van der Waals surface area contributed by atoms with Crippen LogP contribution >= 0.6 is 0 Å². The molecule has 0 aliphatic carbocycles. The summed E-state index contributed by atoms with van der Waals surface area (Å²) in [6.07, 6.45) is 0. The molecule has 0 saturated heterocycles. The number of sulfonamides is 1. The zero-order valence-electron chi connectivity index (χ0n) is 15.3. The summed E-state index contributed by atoms with van der Waals surface area (Å²) in [7, 11) is -3.69. The van der Waals surface area contributed by atoms with Gasteiger partial charge in [0.15, 0.2) is 11.5 Å². The fourth-order valence-electron chi connectivity index (χ4n) is 3.20. The number of fused-ring (bicyclic) bond motifs is 2. The first-order valence-electron chi connectivity index (χ1n) is 9.02. The average molecular weight is 407 g/mol. The molecule has 3 aromatic carbocycles. The zero-order valence-corrected chi connectivity index (χ0v) is 16.1. The van der Waals surface area contributed by atoms with Crippen molar-refractivity contribution in [3.05, 3.63) is 72.3 Å². The highest BCUT2D eigenvalue weighted by Crippen LogP contribution is 2.32. The summed E-state index contributed by atoms with van der Waals surface area (Å²) in [4.78, 5) is 7.90. The molecule has 0 atom stereocenters. The van der Waals surface area contributed by atoms with E-state index in [0.29, 0.717) is 28.4 Å². The summed E-state index contributed by atoms with van der Waals surface area (Å²) in [5.41, 5.74) is 3.09. The van der Waals surface area contributed by atoms with Gasteiger partial charge in [0.25, 0.3) is 0 Å². The molecule has 0 fully saturated rings. The number of aromatic amines is 1. The second-order valence-corrected chi connectivity index (χ2v) is 8.41. The summed E-state index contributed by atoms with van der Waals surface area (Å²) < 4.78 is 38.7. The molecule has 1 aliphatic heterocycles. The Morgan fingerprint density at radius 2 is 1.79 bits per heavy atom. The van der Waals surface area contributed by atoms with Gasteiger partial charge in [-0.15, -0.1) is 0 Å². The molecular weight excluding hydrogens is 390 g/mol. The molecular formula is C21H17N3O4S. The second-order valence-electron chi connectivity index (χ2n) is 6.64. The number of H-pyrrole nitrogens is 1. The number of imidazole rings is 1. The lowest BCUT2D eigenvalue weighted by atomic mass is 10.2. The third-order valence-corrected chi connectivity index (χ3v) is 6.11. The predicted octanol–water partition coefficient (Wildman–Crippen LogP) is 3.44. The van der Waals surface area contributed by atoms with E-state index in [1.165, 1.54) is 0 Å². The maximum atomic E-state index is 12.8. The number of rotatable bonds is 5. The molecule has 0 radical (unpaired) electrons. The van der Waals surface area contributed by atoms with Gasteiger partial charge in [0.1, 0.15) is 5.82 Å². The largest absolute Gasteiger partial charge is 0.454 e. The van der Waals surface area contributed by atoms with Crippen LogP contribution in [-0.2, 0) is 16.6 Å². The van der Waals surface area contributed by atoms with Crippen molar-refractivity contribution >= 4 is 21.1 Å². The molecule has 2 N–H and O–H groups in total. The molecule has 0 saturated carbocycles. The Balaban J connectivity index is 1.38. The summed E-state index contributed by atoms with van der Waals surface area (Å²) >= 11 is 0. The molecule has 2 heterocycles. The Labute approximate surface area is 167 Å². The van der Waals surface area contributed by atoms with Gasteiger partial charge >= 0.3 is 0 Å². The van der Waals surface area contributed by atoms with Crippen molar-refractivity contribution in [2.75, 3.05) is 6.79 Å². The van der Waals surface area contributed by atoms with E-state index in [9.17, 15) is 8.42 Å². The van der Waals surface area contributed by atoms with Crippen LogP contribution in [0.3, 0.4) is 0 Å². The van der Waals surface area contributed by atoms with E-state index in [-0.39, 0.29) is 18.2 Å². The maximum absolute atomic E-state index is 12.8. The van der Waals surface area contributed by atoms with Crippen LogP contribution in [0.25, 0.3) is 22.4 Å². The minimum absolute atomic E-state index is 0.148. The van der Waals surface area contributed by atoms with Crippen molar-refractivity contribution in [3.8, 4) is 22.9 Å². The first-order chi connectivity index (χ1) is 14.1. The monoisotopic (exact) mass is 407 g/mol. The van der Waals surface area contributed by atoms with Crippen molar-refractivity contribution < 1.29 is 17.9 Å². The van der Waals surface area contributed by atoms with Crippen LogP contribution in [0.5, 0.6) is 11.5 Å². The van der Waals surface area contributed by atoms with E-state index < -0.39 is 10.0 Å². The molecule has 1 aliphatic rings. The Morgan fingerprint density at radius 1 is 0.966 bits per heavy atom. The molecule has 0 spiro atoms. The maximum Gasteiger partial charge on any atom is 0.240 e. The Hall–Kier alpha value is -3.36. The van der Waals surface area contributed by atoms with Gasteiger partial charge in [0, 0.05) is 12.1 Å². The average Bonchev–Trinajstić information content (AvgIpc) is 3.38. The molecule has 0 unspecified atom stereocenters. The van der Waals surface area contributed by atoms with Crippen molar-refractivity contribution in [2.24, 2.45) is 0 Å². The van der Waals surface area contributed by atoms with Crippen LogP contribution in [0.2, 0.25) is 0 Å². The molecule has 7 nitrogen and oxygen atoms in total. The molecule has 4 aromatic rings. The highest BCUT2D eigenvalue weighted by atomic mass is 32.2.